The molecule has 4 nitrogen and oxygen atoms in total. The molecule has 0 bridgehead atoms. The van der Waals surface area contributed by atoms with Crippen molar-refractivity contribution in [3.63, 3.8) is 0 Å². The minimum atomic E-state index is -0.957. The summed E-state index contributed by atoms with van der Waals surface area (Å²) in [7, 11) is 0. The van der Waals surface area contributed by atoms with Gasteiger partial charge in [0.15, 0.2) is 0 Å². The Morgan fingerprint density at radius 2 is 1.91 bits per heavy atom. The van der Waals surface area contributed by atoms with Crippen LogP contribution in [-0.2, 0) is 0 Å². The summed E-state index contributed by atoms with van der Waals surface area (Å²) in [6, 6.07) is 12.4. The van der Waals surface area contributed by atoms with Crippen LogP contribution in [0.5, 0.6) is 0 Å². The van der Waals surface area contributed by atoms with Gasteiger partial charge < -0.3 is 10.4 Å². The number of rotatable bonds is 3. The molecule has 0 aliphatic heterocycles. The van der Waals surface area contributed by atoms with E-state index in [0.717, 1.165) is 16.6 Å². The van der Waals surface area contributed by atoms with Crippen LogP contribution in [0.4, 0.5) is 11.5 Å². The lowest BCUT2D eigenvalue weighted by Crippen LogP contribution is -2.00. The highest BCUT2D eigenvalue weighted by atomic mass is 35.5. The van der Waals surface area contributed by atoms with Gasteiger partial charge in [-0.1, -0.05) is 29.8 Å². The number of hydrogen-bond acceptors (Lipinski definition) is 3. The number of nitrogens with zero attached hydrogens (tertiary/aromatic N) is 1. The molecule has 2 aromatic carbocycles. The standard InChI is InChI=1S/C17H13ClN2O2/c1-10-14(18)6-3-7-15(10)20-16-12-4-2-5-13(17(21)22)11(12)8-9-19-16/h2-9H,1H3,(H,19,20)(H,21,22). The normalized spacial score (nSPS) is 10.6. The highest BCUT2D eigenvalue weighted by molar-refractivity contribution is 6.31. The number of nitrogens with one attached hydrogen (secondary N) is 1. The minimum Gasteiger partial charge on any atom is -0.478 e. The molecule has 1 heterocycles. The van der Waals surface area contributed by atoms with Crippen LogP contribution in [0.3, 0.4) is 0 Å². The fourth-order valence-corrected chi connectivity index (χ4v) is 2.54. The first-order valence-electron chi connectivity index (χ1n) is 6.71. The van der Waals surface area contributed by atoms with E-state index < -0.39 is 5.97 Å². The number of carboxylic acids is 1. The van der Waals surface area contributed by atoms with Gasteiger partial charge in [-0.15, -0.1) is 0 Å². The number of fused-ring (bicyclic) bond motifs is 1. The van der Waals surface area contributed by atoms with Gasteiger partial charge in [-0.05, 0) is 36.8 Å². The Bertz CT molecular complexity index is 878. The fraction of sp³-hybridized carbons (Fsp3) is 0.0588. The fourth-order valence-electron chi connectivity index (χ4n) is 2.36. The highest BCUT2D eigenvalue weighted by Gasteiger charge is 2.11. The smallest absolute Gasteiger partial charge is 0.336 e. The lowest BCUT2D eigenvalue weighted by molar-refractivity contribution is 0.0699. The van der Waals surface area contributed by atoms with Crippen LogP contribution in [0, 0.1) is 6.92 Å². The molecule has 1 aromatic heterocycles. The van der Waals surface area contributed by atoms with E-state index in [9.17, 15) is 9.90 Å². The van der Waals surface area contributed by atoms with Crippen LogP contribution in [0.15, 0.2) is 48.7 Å². The van der Waals surface area contributed by atoms with E-state index in [1.165, 1.54) is 0 Å². The Hall–Kier alpha value is -2.59. The molecule has 0 spiro atoms. The van der Waals surface area contributed by atoms with Crippen LogP contribution in [-0.4, -0.2) is 16.1 Å². The summed E-state index contributed by atoms with van der Waals surface area (Å²) in [5.41, 5.74) is 2.01. The van der Waals surface area contributed by atoms with Crippen LogP contribution in [0.1, 0.15) is 15.9 Å². The topological polar surface area (TPSA) is 62.2 Å². The Morgan fingerprint density at radius 3 is 2.68 bits per heavy atom. The van der Waals surface area contributed by atoms with Crippen molar-refractivity contribution in [1.29, 1.82) is 0 Å². The van der Waals surface area contributed by atoms with Gasteiger partial charge in [0.25, 0.3) is 0 Å². The molecule has 3 rings (SSSR count). The predicted molar refractivity (Wildman–Crippen MR) is 88.2 cm³/mol. The number of anilines is 2. The number of aromatic carboxylic acids is 1. The van der Waals surface area contributed by atoms with E-state index >= 15 is 0 Å². The SMILES string of the molecule is Cc1c(Cl)cccc1Nc1nccc2c(C(=O)O)cccc12. The maximum absolute atomic E-state index is 11.3. The van der Waals surface area contributed by atoms with Crippen molar-refractivity contribution in [2.45, 2.75) is 6.92 Å². The average Bonchev–Trinajstić information content (AvgIpc) is 2.51. The Balaban J connectivity index is 2.14. The van der Waals surface area contributed by atoms with Gasteiger partial charge in [0.05, 0.1) is 5.56 Å². The second-order valence-electron chi connectivity index (χ2n) is 4.90. The summed E-state index contributed by atoms with van der Waals surface area (Å²) < 4.78 is 0. The third kappa shape index (κ3) is 2.49. The first-order chi connectivity index (χ1) is 10.6. The Morgan fingerprint density at radius 1 is 1.14 bits per heavy atom. The molecule has 0 saturated heterocycles. The number of benzene rings is 2. The zero-order valence-electron chi connectivity index (χ0n) is 11.8. The monoisotopic (exact) mass is 312 g/mol. The lowest BCUT2D eigenvalue weighted by Gasteiger charge is -2.12. The minimum absolute atomic E-state index is 0.255. The number of hydrogen-bond donors (Lipinski definition) is 2. The first-order valence-corrected chi connectivity index (χ1v) is 7.09. The van der Waals surface area contributed by atoms with Crippen molar-refractivity contribution >= 4 is 39.8 Å². The van der Waals surface area contributed by atoms with Gasteiger partial charge >= 0.3 is 5.97 Å². The highest BCUT2D eigenvalue weighted by Crippen LogP contribution is 2.30. The van der Waals surface area contributed by atoms with Gasteiger partial charge in [-0.3, -0.25) is 0 Å². The van der Waals surface area contributed by atoms with Crippen molar-refractivity contribution in [2.24, 2.45) is 0 Å². The van der Waals surface area contributed by atoms with Gasteiger partial charge in [-0.2, -0.15) is 0 Å². The number of halogens is 1. The van der Waals surface area contributed by atoms with Crippen molar-refractivity contribution in [2.75, 3.05) is 5.32 Å². The molecule has 110 valence electrons. The zero-order chi connectivity index (χ0) is 15.7. The number of aromatic nitrogens is 1. The second kappa shape index (κ2) is 5.66. The van der Waals surface area contributed by atoms with Crippen molar-refractivity contribution in [3.8, 4) is 0 Å². The van der Waals surface area contributed by atoms with Crippen LogP contribution < -0.4 is 5.32 Å². The number of pyridine rings is 1. The maximum Gasteiger partial charge on any atom is 0.336 e. The average molecular weight is 313 g/mol. The molecule has 5 heteroatoms. The summed E-state index contributed by atoms with van der Waals surface area (Å²) in [6.45, 7) is 1.92. The van der Waals surface area contributed by atoms with Gasteiger partial charge in [0.1, 0.15) is 5.82 Å². The van der Waals surface area contributed by atoms with Crippen LogP contribution in [0.2, 0.25) is 5.02 Å². The quantitative estimate of drug-likeness (QED) is 0.739. The van der Waals surface area contributed by atoms with E-state index in [4.69, 9.17) is 11.6 Å². The van der Waals surface area contributed by atoms with Crippen LogP contribution in [0.25, 0.3) is 10.8 Å². The molecule has 0 fully saturated rings. The van der Waals surface area contributed by atoms with Gasteiger partial charge in [-0.25, -0.2) is 9.78 Å². The molecule has 3 aromatic rings. The summed E-state index contributed by atoms with van der Waals surface area (Å²) in [5.74, 6) is -0.354. The van der Waals surface area contributed by atoms with E-state index in [2.05, 4.69) is 10.3 Å². The van der Waals surface area contributed by atoms with E-state index in [-0.39, 0.29) is 5.56 Å². The largest absolute Gasteiger partial charge is 0.478 e. The van der Waals surface area contributed by atoms with E-state index in [0.29, 0.717) is 16.2 Å². The maximum atomic E-state index is 11.3. The van der Waals surface area contributed by atoms with Crippen molar-refractivity contribution < 1.29 is 9.90 Å². The second-order valence-corrected chi connectivity index (χ2v) is 5.31. The molecule has 0 aliphatic rings. The molecular weight excluding hydrogens is 300 g/mol. The van der Waals surface area contributed by atoms with Crippen LogP contribution >= 0.6 is 11.6 Å². The van der Waals surface area contributed by atoms with Gasteiger partial charge in [0.2, 0.25) is 0 Å². The summed E-state index contributed by atoms with van der Waals surface area (Å²) in [4.78, 5) is 15.7. The van der Waals surface area contributed by atoms with E-state index in [1.54, 1.807) is 24.4 Å². The summed E-state index contributed by atoms with van der Waals surface area (Å²) in [6.07, 6.45) is 1.59. The molecule has 2 N–H and O–H groups in total. The van der Waals surface area contributed by atoms with E-state index in [1.807, 2.05) is 31.2 Å². The van der Waals surface area contributed by atoms with Gasteiger partial charge in [0, 0.05) is 27.7 Å². The molecule has 0 aliphatic carbocycles. The first kappa shape index (κ1) is 14.4. The van der Waals surface area contributed by atoms with Crippen molar-refractivity contribution in [1.82, 2.24) is 4.98 Å². The molecule has 0 amide bonds. The Kier molecular flexibility index (Phi) is 3.69. The molecular formula is C17H13ClN2O2. The molecule has 0 saturated carbocycles. The summed E-state index contributed by atoms with van der Waals surface area (Å²) >= 11 is 6.13. The molecule has 22 heavy (non-hydrogen) atoms. The predicted octanol–water partition coefficient (Wildman–Crippen LogP) is 4.64. The third-order valence-electron chi connectivity index (χ3n) is 3.56. The third-order valence-corrected chi connectivity index (χ3v) is 3.97. The number of carboxylic acid groups (broad SMARTS) is 1. The van der Waals surface area contributed by atoms with Crippen molar-refractivity contribution in [3.05, 3.63) is 64.8 Å². The lowest BCUT2D eigenvalue weighted by atomic mass is 10.1. The molecule has 0 unspecified atom stereocenters. The molecule has 0 radical (unpaired) electrons. The summed E-state index contributed by atoms with van der Waals surface area (Å²) in [5, 5.41) is 14.6. The molecule has 0 atom stereocenters. The Labute approximate surface area is 132 Å². The number of carbonyl (C=O) groups is 1. The zero-order valence-corrected chi connectivity index (χ0v) is 12.6.